The van der Waals surface area contributed by atoms with E-state index in [4.69, 9.17) is 15.0 Å². The topological polar surface area (TPSA) is 81.6 Å². The molecule has 0 unspecified atom stereocenters. The fourth-order valence-electron chi connectivity index (χ4n) is 3.81. The lowest BCUT2D eigenvalue weighted by molar-refractivity contribution is 0.0788. The third-order valence-corrected chi connectivity index (χ3v) is 5.53. The number of likely N-dealkylation sites (tertiary alicyclic amines) is 1. The third-order valence-electron chi connectivity index (χ3n) is 5.53. The van der Waals surface area contributed by atoms with Gasteiger partial charge >= 0.3 is 0 Å². The minimum absolute atomic E-state index is 0. The summed E-state index contributed by atoms with van der Waals surface area (Å²) in [6.07, 6.45) is 0. The molecule has 0 aliphatic carbocycles. The maximum Gasteiger partial charge on any atom is 0.254 e. The zero-order valence-electron chi connectivity index (χ0n) is 17.1. The van der Waals surface area contributed by atoms with E-state index in [9.17, 15) is 4.79 Å². The average molecular weight is 428 g/mol. The van der Waals surface area contributed by atoms with Crippen molar-refractivity contribution in [2.45, 2.75) is 32.4 Å². The van der Waals surface area contributed by atoms with Gasteiger partial charge in [0.1, 0.15) is 18.1 Å². The van der Waals surface area contributed by atoms with Gasteiger partial charge in [0, 0.05) is 30.6 Å². The van der Waals surface area contributed by atoms with Gasteiger partial charge in [-0.25, -0.2) is 0 Å². The monoisotopic (exact) mass is 427 g/mol. The molecule has 1 fully saturated rings. The van der Waals surface area contributed by atoms with Gasteiger partial charge in [0.05, 0.1) is 11.3 Å². The Morgan fingerprint density at radius 2 is 1.93 bits per heavy atom. The van der Waals surface area contributed by atoms with Crippen molar-refractivity contribution in [3.05, 3.63) is 82.7 Å². The van der Waals surface area contributed by atoms with E-state index in [1.54, 1.807) is 6.07 Å². The minimum atomic E-state index is -0.0691. The number of benzene rings is 2. The number of hydrogen-bond acceptors (Lipinski definition) is 5. The van der Waals surface area contributed by atoms with Crippen LogP contribution in [0, 0.1) is 13.8 Å². The molecule has 1 aliphatic rings. The van der Waals surface area contributed by atoms with E-state index in [0.717, 1.165) is 17.0 Å². The van der Waals surface area contributed by atoms with Crippen molar-refractivity contribution < 1.29 is 14.1 Å². The highest BCUT2D eigenvalue weighted by atomic mass is 35.5. The molecule has 2 heterocycles. The first-order valence-electron chi connectivity index (χ1n) is 9.77. The quantitative estimate of drug-likeness (QED) is 0.668. The maximum atomic E-state index is 13.1. The van der Waals surface area contributed by atoms with Gasteiger partial charge in [-0.05, 0) is 37.6 Å². The van der Waals surface area contributed by atoms with Crippen LogP contribution in [0.5, 0.6) is 5.75 Å². The molecule has 6 nitrogen and oxygen atoms in total. The van der Waals surface area contributed by atoms with E-state index in [1.165, 1.54) is 5.56 Å². The number of carbonyl (C=O) groups excluding carboxylic acids is 1. The van der Waals surface area contributed by atoms with Crippen LogP contribution >= 0.6 is 12.4 Å². The number of nitrogens with zero attached hydrogens (tertiary/aromatic N) is 2. The Morgan fingerprint density at radius 1 is 1.17 bits per heavy atom. The van der Waals surface area contributed by atoms with Crippen molar-refractivity contribution in [2.75, 3.05) is 13.1 Å². The Hall–Kier alpha value is -2.83. The van der Waals surface area contributed by atoms with E-state index in [0.29, 0.717) is 31.0 Å². The van der Waals surface area contributed by atoms with Gasteiger partial charge < -0.3 is 19.9 Å². The molecule has 2 atom stereocenters. The van der Waals surface area contributed by atoms with Crippen LogP contribution in [0.3, 0.4) is 0 Å². The molecule has 1 aromatic heterocycles. The van der Waals surface area contributed by atoms with Gasteiger partial charge in [0.15, 0.2) is 0 Å². The van der Waals surface area contributed by atoms with Gasteiger partial charge in [0.25, 0.3) is 5.91 Å². The number of carbonyl (C=O) groups is 1. The van der Waals surface area contributed by atoms with Gasteiger partial charge in [0.2, 0.25) is 0 Å². The SMILES string of the molecule is Cc1noc(C)c1COc1cccc(C(=O)N2C[C@@H](N)[C@H](c3ccccc3)C2)c1.Cl. The zero-order valence-corrected chi connectivity index (χ0v) is 17.9. The molecule has 1 saturated heterocycles. The molecule has 7 heteroatoms. The summed E-state index contributed by atoms with van der Waals surface area (Å²) in [4.78, 5) is 14.9. The van der Waals surface area contributed by atoms with Crippen LogP contribution in [0.25, 0.3) is 0 Å². The Labute approximate surface area is 182 Å². The number of amides is 1. The van der Waals surface area contributed by atoms with Crippen molar-refractivity contribution in [2.24, 2.45) is 5.73 Å². The maximum absolute atomic E-state index is 13.1. The summed E-state index contributed by atoms with van der Waals surface area (Å²) in [7, 11) is 0. The fourth-order valence-corrected chi connectivity index (χ4v) is 3.81. The van der Waals surface area contributed by atoms with Crippen molar-refractivity contribution in [3.63, 3.8) is 0 Å². The Bertz CT molecular complexity index is 986. The van der Waals surface area contributed by atoms with Crippen LogP contribution in [-0.2, 0) is 6.61 Å². The second-order valence-corrected chi connectivity index (χ2v) is 7.51. The highest BCUT2D eigenvalue weighted by Crippen LogP contribution is 2.28. The van der Waals surface area contributed by atoms with E-state index >= 15 is 0 Å². The molecule has 0 radical (unpaired) electrons. The number of ether oxygens (including phenoxy) is 1. The third kappa shape index (κ3) is 4.50. The van der Waals surface area contributed by atoms with Crippen molar-refractivity contribution in [1.82, 2.24) is 10.1 Å². The van der Waals surface area contributed by atoms with E-state index in [-0.39, 0.29) is 30.3 Å². The first kappa shape index (κ1) is 21.9. The second kappa shape index (κ2) is 9.32. The van der Waals surface area contributed by atoms with Gasteiger partial charge in [-0.2, -0.15) is 0 Å². The lowest BCUT2D eigenvalue weighted by Gasteiger charge is -2.17. The smallest absolute Gasteiger partial charge is 0.254 e. The Kier molecular flexibility index (Phi) is 6.80. The van der Waals surface area contributed by atoms with E-state index in [2.05, 4.69) is 17.3 Å². The molecule has 2 aromatic carbocycles. The summed E-state index contributed by atoms with van der Waals surface area (Å²) >= 11 is 0. The van der Waals surface area contributed by atoms with Crippen molar-refractivity contribution in [1.29, 1.82) is 0 Å². The second-order valence-electron chi connectivity index (χ2n) is 7.51. The van der Waals surface area contributed by atoms with Gasteiger partial charge in [-0.3, -0.25) is 4.79 Å². The summed E-state index contributed by atoms with van der Waals surface area (Å²) < 4.78 is 11.0. The molecule has 3 aromatic rings. The van der Waals surface area contributed by atoms with Gasteiger partial charge in [-0.15, -0.1) is 12.4 Å². The largest absolute Gasteiger partial charge is 0.489 e. The highest BCUT2D eigenvalue weighted by molar-refractivity contribution is 5.95. The Morgan fingerprint density at radius 3 is 2.63 bits per heavy atom. The number of aryl methyl sites for hydroxylation is 2. The summed E-state index contributed by atoms with van der Waals surface area (Å²) in [6.45, 7) is 5.26. The predicted molar refractivity (Wildman–Crippen MR) is 117 cm³/mol. The highest BCUT2D eigenvalue weighted by Gasteiger charge is 2.34. The van der Waals surface area contributed by atoms with Crippen LogP contribution in [0.4, 0.5) is 0 Å². The summed E-state index contributed by atoms with van der Waals surface area (Å²) in [5, 5.41) is 3.94. The lowest BCUT2D eigenvalue weighted by Crippen LogP contribution is -2.32. The van der Waals surface area contributed by atoms with Crippen LogP contribution in [0.2, 0.25) is 0 Å². The molecule has 0 spiro atoms. The minimum Gasteiger partial charge on any atom is -0.489 e. The molecule has 2 N–H and O–H groups in total. The fraction of sp³-hybridized carbons (Fsp3) is 0.304. The first-order valence-corrected chi connectivity index (χ1v) is 9.77. The standard InChI is InChI=1S/C23H25N3O3.ClH/c1-15-21(16(2)29-25-15)14-28-19-10-6-9-18(11-19)23(27)26-12-20(22(24)13-26)17-7-4-3-5-8-17;/h3-11,20,22H,12-14,24H2,1-2H3;1H/t20-,22+;/m0./s1. The van der Waals surface area contributed by atoms with Crippen molar-refractivity contribution >= 4 is 18.3 Å². The van der Waals surface area contributed by atoms with E-state index < -0.39 is 0 Å². The molecule has 1 aliphatic heterocycles. The van der Waals surface area contributed by atoms with Crippen LogP contribution in [-0.4, -0.2) is 35.1 Å². The average Bonchev–Trinajstić information content (AvgIpc) is 3.28. The number of halogens is 1. The molecule has 0 bridgehead atoms. The molecule has 158 valence electrons. The summed E-state index contributed by atoms with van der Waals surface area (Å²) in [5.41, 5.74) is 9.86. The normalized spacial score (nSPS) is 18.2. The van der Waals surface area contributed by atoms with Crippen LogP contribution < -0.4 is 10.5 Å². The molecule has 1 amide bonds. The summed E-state index contributed by atoms with van der Waals surface area (Å²) in [6, 6.07) is 17.3. The molecule has 30 heavy (non-hydrogen) atoms. The molecule has 0 saturated carbocycles. The zero-order chi connectivity index (χ0) is 20.4. The number of aromatic nitrogens is 1. The van der Waals surface area contributed by atoms with Gasteiger partial charge in [-0.1, -0.05) is 41.6 Å². The van der Waals surface area contributed by atoms with Crippen LogP contribution in [0.1, 0.15) is 38.9 Å². The van der Waals surface area contributed by atoms with Crippen molar-refractivity contribution in [3.8, 4) is 5.75 Å². The van der Waals surface area contributed by atoms with Crippen LogP contribution in [0.15, 0.2) is 59.1 Å². The number of nitrogens with two attached hydrogens (primary N) is 1. The number of rotatable bonds is 5. The molecular formula is C23H26ClN3O3. The Balaban J connectivity index is 0.00000256. The first-order chi connectivity index (χ1) is 14.0. The predicted octanol–water partition coefficient (Wildman–Crippen LogP) is 3.86. The van der Waals surface area contributed by atoms with E-state index in [1.807, 2.05) is 55.1 Å². The molecular weight excluding hydrogens is 402 g/mol. The number of hydrogen-bond donors (Lipinski definition) is 1. The summed E-state index contributed by atoms with van der Waals surface area (Å²) in [5.74, 6) is 1.51. The lowest BCUT2D eigenvalue weighted by atomic mass is 9.95. The molecule has 4 rings (SSSR count).